The number of aromatic amines is 1. The summed E-state index contributed by atoms with van der Waals surface area (Å²) in [5, 5.41) is 19.2. The van der Waals surface area contributed by atoms with Gasteiger partial charge in [-0.05, 0) is 35.7 Å². The molecule has 0 saturated heterocycles. The Bertz CT molecular complexity index is 1140. The fourth-order valence-corrected chi connectivity index (χ4v) is 3.90. The quantitative estimate of drug-likeness (QED) is 0.483. The molecule has 2 heterocycles. The van der Waals surface area contributed by atoms with E-state index in [-0.39, 0.29) is 12.3 Å². The van der Waals surface area contributed by atoms with Gasteiger partial charge in [0.2, 0.25) is 0 Å². The van der Waals surface area contributed by atoms with Gasteiger partial charge in [0.05, 0.1) is 23.7 Å². The van der Waals surface area contributed by atoms with Crippen molar-refractivity contribution in [2.24, 2.45) is 0 Å². The molecule has 0 atom stereocenters. The standard InChI is InChI=1S/C21H20ClN3O2/c1-12(2)21-20(13-3-5-15(22)6-4-13)16-9-14-11-23-24-17(14)10-18(16)25(21)8-7-19(26)27/h3-6,9-12H,7-8H2,1-2H3,(H,23,24)(H,26,27). The first kappa shape index (κ1) is 17.6. The van der Waals surface area contributed by atoms with Gasteiger partial charge in [-0.1, -0.05) is 37.6 Å². The maximum absolute atomic E-state index is 11.2. The Hall–Kier alpha value is -2.79. The third kappa shape index (κ3) is 3.08. The molecule has 4 rings (SSSR count). The van der Waals surface area contributed by atoms with Crippen LogP contribution in [0.25, 0.3) is 32.9 Å². The zero-order chi connectivity index (χ0) is 19.1. The molecular weight excluding hydrogens is 362 g/mol. The summed E-state index contributed by atoms with van der Waals surface area (Å²) in [7, 11) is 0. The number of aromatic nitrogens is 3. The first-order chi connectivity index (χ1) is 13.0. The average molecular weight is 382 g/mol. The lowest BCUT2D eigenvalue weighted by Gasteiger charge is -2.15. The van der Waals surface area contributed by atoms with Crippen molar-refractivity contribution in [3.63, 3.8) is 0 Å². The molecule has 6 heteroatoms. The van der Waals surface area contributed by atoms with E-state index in [4.69, 9.17) is 11.6 Å². The van der Waals surface area contributed by atoms with E-state index in [0.717, 1.165) is 38.6 Å². The van der Waals surface area contributed by atoms with Gasteiger partial charge >= 0.3 is 5.97 Å². The molecule has 0 aliphatic carbocycles. The highest BCUT2D eigenvalue weighted by molar-refractivity contribution is 6.30. The minimum atomic E-state index is -0.804. The Morgan fingerprint density at radius 2 is 2.00 bits per heavy atom. The Labute approximate surface area is 161 Å². The normalized spacial score (nSPS) is 11.7. The molecular formula is C21H20ClN3O2. The van der Waals surface area contributed by atoms with E-state index in [1.165, 1.54) is 0 Å². The van der Waals surface area contributed by atoms with Crippen molar-refractivity contribution in [1.82, 2.24) is 14.8 Å². The van der Waals surface area contributed by atoms with E-state index in [9.17, 15) is 9.90 Å². The molecule has 0 aliphatic rings. The lowest BCUT2D eigenvalue weighted by molar-refractivity contribution is -0.137. The summed E-state index contributed by atoms with van der Waals surface area (Å²) in [4.78, 5) is 11.2. The number of aryl methyl sites for hydroxylation is 1. The van der Waals surface area contributed by atoms with Crippen molar-refractivity contribution in [3.8, 4) is 11.1 Å². The zero-order valence-corrected chi connectivity index (χ0v) is 15.9. The van der Waals surface area contributed by atoms with Crippen LogP contribution in [0.1, 0.15) is 31.9 Å². The number of hydrogen-bond acceptors (Lipinski definition) is 2. The number of benzene rings is 2. The van der Waals surface area contributed by atoms with Crippen LogP contribution in [0.5, 0.6) is 0 Å². The molecule has 2 N–H and O–H groups in total. The third-order valence-corrected chi connectivity index (χ3v) is 5.14. The van der Waals surface area contributed by atoms with E-state index in [2.05, 4.69) is 40.7 Å². The zero-order valence-electron chi connectivity index (χ0n) is 15.2. The van der Waals surface area contributed by atoms with Gasteiger partial charge in [-0.3, -0.25) is 9.89 Å². The number of halogens is 1. The Kier molecular flexibility index (Phi) is 4.40. The number of nitrogens with one attached hydrogen (secondary N) is 1. The maximum Gasteiger partial charge on any atom is 0.305 e. The van der Waals surface area contributed by atoms with Crippen molar-refractivity contribution in [2.75, 3.05) is 0 Å². The van der Waals surface area contributed by atoms with E-state index in [1.807, 2.05) is 30.5 Å². The Morgan fingerprint density at radius 3 is 2.67 bits per heavy atom. The number of nitrogens with zero attached hydrogens (tertiary/aromatic N) is 2. The predicted octanol–water partition coefficient (Wildman–Crippen LogP) is 5.44. The second kappa shape index (κ2) is 6.74. The van der Waals surface area contributed by atoms with Crippen LogP contribution in [0.3, 0.4) is 0 Å². The molecule has 2 aromatic carbocycles. The highest BCUT2D eigenvalue weighted by Gasteiger charge is 2.22. The van der Waals surface area contributed by atoms with Gasteiger partial charge in [-0.2, -0.15) is 5.10 Å². The molecule has 138 valence electrons. The number of aliphatic carboxylic acids is 1. The number of carboxylic acids is 1. The fourth-order valence-electron chi connectivity index (χ4n) is 3.77. The summed E-state index contributed by atoms with van der Waals surface area (Å²) < 4.78 is 2.14. The number of fused-ring (bicyclic) bond motifs is 2. The molecule has 27 heavy (non-hydrogen) atoms. The van der Waals surface area contributed by atoms with E-state index >= 15 is 0 Å². The average Bonchev–Trinajstić information content (AvgIpc) is 3.20. The number of rotatable bonds is 5. The molecule has 0 fully saturated rings. The molecule has 0 radical (unpaired) electrons. The minimum absolute atomic E-state index is 0.0740. The molecule has 0 spiro atoms. The lowest BCUT2D eigenvalue weighted by Crippen LogP contribution is -2.09. The molecule has 2 aromatic heterocycles. The van der Waals surface area contributed by atoms with Gasteiger partial charge in [0, 0.05) is 33.6 Å². The largest absolute Gasteiger partial charge is 0.481 e. The highest BCUT2D eigenvalue weighted by atomic mass is 35.5. The van der Waals surface area contributed by atoms with Gasteiger partial charge in [0.1, 0.15) is 0 Å². The molecule has 5 nitrogen and oxygen atoms in total. The van der Waals surface area contributed by atoms with Crippen molar-refractivity contribution < 1.29 is 9.90 Å². The van der Waals surface area contributed by atoms with Crippen LogP contribution in [0.4, 0.5) is 0 Å². The predicted molar refractivity (Wildman–Crippen MR) is 108 cm³/mol. The topological polar surface area (TPSA) is 70.9 Å². The SMILES string of the molecule is CC(C)c1c(-c2ccc(Cl)cc2)c2cc3cn[nH]c3cc2n1CCC(=O)O. The monoisotopic (exact) mass is 381 g/mol. The van der Waals surface area contributed by atoms with Crippen LogP contribution in [0.15, 0.2) is 42.6 Å². The maximum atomic E-state index is 11.2. The molecule has 0 amide bonds. The van der Waals surface area contributed by atoms with Gasteiger partial charge in [0.25, 0.3) is 0 Å². The second-order valence-electron chi connectivity index (χ2n) is 7.04. The van der Waals surface area contributed by atoms with Crippen LogP contribution in [-0.2, 0) is 11.3 Å². The highest BCUT2D eigenvalue weighted by Crippen LogP contribution is 2.40. The smallest absolute Gasteiger partial charge is 0.305 e. The van der Waals surface area contributed by atoms with Crippen LogP contribution in [-0.4, -0.2) is 25.8 Å². The summed E-state index contributed by atoms with van der Waals surface area (Å²) in [6.45, 7) is 4.70. The van der Waals surface area contributed by atoms with Crippen molar-refractivity contribution in [3.05, 3.63) is 53.3 Å². The lowest BCUT2D eigenvalue weighted by atomic mass is 9.96. The Morgan fingerprint density at radius 1 is 1.26 bits per heavy atom. The van der Waals surface area contributed by atoms with Crippen LogP contribution >= 0.6 is 11.6 Å². The van der Waals surface area contributed by atoms with Crippen LogP contribution in [0, 0.1) is 0 Å². The third-order valence-electron chi connectivity index (χ3n) is 4.89. The molecule has 0 bridgehead atoms. The summed E-state index contributed by atoms with van der Waals surface area (Å²) >= 11 is 6.09. The van der Waals surface area contributed by atoms with E-state index in [0.29, 0.717) is 11.6 Å². The van der Waals surface area contributed by atoms with Crippen molar-refractivity contribution in [1.29, 1.82) is 0 Å². The van der Waals surface area contributed by atoms with E-state index in [1.54, 1.807) is 0 Å². The molecule has 4 aromatic rings. The van der Waals surface area contributed by atoms with Crippen molar-refractivity contribution >= 4 is 39.4 Å². The van der Waals surface area contributed by atoms with E-state index < -0.39 is 5.97 Å². The van der Waals surface area contributed by atoms with Crippen LogP contribution < -0.4 is 0 Å². The summed E-state index contributed by atoms with van der Waals surface area (Å²) in [5.41, 5.74) is 5.29. The molecule has 0 aliphatic heterocycles. The first-order valence-electron chi connectivity index (χ1n) is 8.92. The van der Waals surface area contributed by atoms with Crippen LogP contribution in [0.2, 0.25) is 5.02 Å². The number of carbonyl (C=O) groups is 1. The fraction of sp³-hybridized carbons (Fsp3) is 0.238. The van der Waals surface area contributed by atoms with Gasteiger partial charge in [0.15, 0.2) is 0 Å². The van der Waals surface area contributed by atoms with Gasteiger partial charge in [-0.25, -0.2) is 0 Å². The number of carboxylic acid groups (broad SMARTS) is 1. The number of H-pyrrole nitrogens is 1. The second-order valence-corrected chi connectivity index (χ2v) is 7.48. The first-order valence-corrected chi connectivity index (χ1v) is 9.30. The van der Waals surface area contributed by atoms with Gasteiger partial charge in [-0.15, -0.1) is 0 Å². The summed E-state index contributed by atoms with van der Waals surface area (Å²) in [5.74, 6) is -0.574. The van der Waals surface area contributed by atoms with Crippen molar-refractivity contribution in [2.45, 2.75) is 32.7 Å². The summed E-state index contributed by atoms with van der Waals surface area (Å²) in [6.07, 6.45) is 1.88. The summed E-state index contributed by atoms with van der Waals surface area (Å²) in [6, 6.07) is 12.0. The van der Waals surface area contributed by atoms with Gasteiger partial charge < -0.3 is 9.67 Å². The number of hydrogen-bond donors (Lipinski definition) is 2. The Balaban J connectivity index is 2.07. The minimum Gasteiger partial charge on any atom is -0.481 e. The molecule has 0 unspecified atom stereocenters. The molecule has 0 saturated carbocycles.